The number of piperazine rings is 1. The van der Waals surface area contributed by atoms with Crippen LogP contribution in [0, 0.1) is 11.6 Å². The fraction of sp³-hybridized carbons (Fsp3) is 0.391. The molecule has 7 heteroatoms. The molecule has 158 valence electrons. The zero-order chi connectivity index (χ0) is 21.3. The van der Waals surface area contributed by atoms with Gasteiger partial charge in [-0.25, -0.2) is 8.78 Å². The highest BCUT2D eigenvalue weighted by Crippen LogP contribution is 2.43. The molecule has 2 aromatic rings. The summed E-state index contributed by atoms with van der Waals surface area (Å²) in [6, 6.07) is 10.1. The first-order chi connectivity index (χ1) is 14.4. The fourth-order valence-electron chi connectivity index (χ4n) is 4.64. The molecule has 0 atom stereocenters. The lowest BCUT2D eigenvalue weighted by Crippen LogP contribution is -2.55. The molecule has 0 unspecified atom stereocenters. The Hall–Kier alpha value is -2.47. The summed E-state index contributed by atoms with van der Waals surface area (Å²) in [6.07, 6.45) is 3.28. The van der Waals surface area contributed by atoms with E-state index in [1.165, 1.54) is 24.3 Å². The Labute approximate surface area is 179 Å². The van der Waals surface area contributed by atoms with Gasteiger partial charge in [-0.1, -0.05) is 36.6 Å². The molecule has 0 aromatic heterocycles. The number of halogens is 3. The van der Waals surface area contributed by atoms with Crippen molar-refractivity contribution in [3.8, 4) is 0 Å². The van der Waals surface area contributed by atoms with Crippen molar-refractivity contribution in [1.29, 1.82) is 0 Å². The van der Waals surface area contributed by atoms with Gasteiger partial charge in [0.2, 0.25) is 5.91 Å². The lowest BCUT2D eigenvalue weighted by atomic mass is 9.77. The molecule has 2 fully saturated rings. The highest BCUT2D eigenvalue weighted by molar-refractivity contribution is 6.33. The Morgan fingerprint density at radius 1 is 0.867 bits per heavy atom. The van der Waals surface area contributed by atoms with E-state index in [-0.39, 0.29) is 28.2 Å². The van der Waals surface area contributed by atoms with Gasteiger partial charge >= 0.3 is 0 Å². The lowest BCUT2D eigenvalue weighted by molar-refractivity contribution is -0.138. The van der Waals surface area contributed by atoms with Crippen molar-refractivity contribution in [2.45, 2.75) is 31.1 Å². The summed E-state index contributed by atoms with van der Waals surface area (Å²) in [7, 11) is 0. The first kappa shape index (κ1) is 20.8. The van der Waals surface area contributed by atoms with E-state index < -0.39 is 11.2 Å². The van der Waals surface area contributed by atoms with Crippen molar-refractivity contribution >= 4 is 23.4 Å². The number of hydrogen-bond donors (Lipinski definition) is 0. The van der Waals surface area contributed by atoms with Crippen molar-refractivity contribution in [2.75, 3.05) is 26.2 Å². The summed E-state index contributed by atoms with van der Waals surface area (Å²) in [5, 5.41) is 0.0783. The van der Waals surface area contributed by atoms with E-state index >= 15 is 0 Å². The van der Waals surface area contributed by atoms with Crippen LogP contribution in [0.1, 0.15) is 41.6 Å². The van der Waals surface area contributed by atoms with Crippen LogP contribution < -0.4 is 0 Å². The van der Waals surface area contributed by atoms with Crippen molar-refractivity contribution in [3.05, 3.63) is 70.2 Å². The van der Waals surface area contributed by atoms with E-state index in [1.54, 1.807) is 15.9 Å². The molecule has 4 rings (SSSR count). The molecule has 1 saturated carbocycles. The molecule has 30 heavy (non-hydrogen) atoms. The number of rotatable bonds is 3. The summed E-state index contributed by atoms with van der Waals surface area (Å²) in [6.45, 7) is 1.55. The third-order valence-corrected chi connectivity index (χ3v) is 6.57. The normalized spacial score (nSPS) is 18.5. The van der Waals surface area contributed by atoms with Crippen molar-refractivity contribution in [2.24, 2.45) is 0 Å². The van der Waals surface area contributed by atoms with Crippen LogP contribution in [0.15, 0.2) is 42.5 Å². The molecule has 1 aliphatic heterocycles. The van der Waals surface area contributed by atoms with Gasteiger partial charge in [-0.2, -0.15) is 0 Å². The van der Waals surface area contributed by atoms with Gasteiger partial charge in [0.15, 0.2) is 0 Å². The smallest absolute Gasteiger partial charge is 0.255 e. The minimum Gasteiger partial charge on any atom is -0.338 e. The van der Waals surface area contributed by atoms with E-state index in [4.69, 9.17) is 11.6 Å². The average Bonchev–Trinajstić information content (AvgIpc) is 3.24. The van der Waals surface area contributed by atoms with E-state index in [1.807, 2.05) is 6.07 Å². The molecule has 2 amide bonds. The number of benzene rings is 2. The highest BCUT2D eigenvalue weighted by Gasteiger charge is 2.45. The van der Waals surface area contributed by atoms with Crippen LogP contribution in [0.4, 0.5) is 8.78 Å². The molecule has 0 bridgehead atoms. The predicted molar refractivity (Wildman–Crippen MR) is 110 cm³/mol. The zero-order valence-corrected chi connectivity index (χ0v) is 17.3. The Balaban J connectivity index is 1.48. The van der Waals surface area contributed by atoms with Gasteiger partial charge in [-0.15, -0.1) is 0 Å². The second-order valence-corrected chi connectivity index (χ2v) is 8.42. The Morgan fingerprint density at radius 2 is 1.50 bits per heavy atom. The Bertz CT molecular complexity index is 967. The third kappa shape index (κ3) is 3.81. The van der Waals surface area contributed by atoms with Gasteiger partial charge in [-0.3, -0.25) is 9.59 Å². The Morgan fingerprint density at radius 3 is 2.13 bits per heavy atom. The third-order valence-electron chi connectivity index (χ3n) is 6.26. The highest BCUT2D eigenvalue weighted by atomic mass is 35.5. The number of amides is 2. The maximum atomic E-state index is 13.9. The number of carbonyl (C=O) groups excluding carboxylic acids is 2. The van der Waals surface area contributed by atoms with Crippen molar-refractivity contribution < 1.29 is 18.4 Å². The molecule has 0 N–H and O–H groups in total. The molecule has 4 nitrogen and oxygen atoms in total. The van der Waals surface area contributed by atoms with E-state index in [0.717, 1.165) is 24.5 Å². The number of hydrogen-bond acceptors (Lipinski definition) is 2. The molecule has 2 aromatic carbocycles. The van der Waals surface area contributed by atoms with E-state index in [0.29, 0.717) is 39.0 Å². The van der Waals surface area contributed by atoms with Gasteiger partial charge in [-0.05, 0) is 48.7 Å². The predicted octanol–water partition coefficient (Wildman–Crippen LogP) is 4.41. The van der Waals surface area contributed by atoms with Gasteiger partial charge in [0.25, 0.3) is 5.91 Å². The quantitative estimate of drug-likeness (QED) is 0.720. The summed E-state index contributed by atoms with van der Waals surface area (Å²) < 4.78 is 27.1. The monoisotopic (exact) mass is 432 g/mol. The van der Waals surface area contributed by atoms with Crippen LogP contribution in [0.2, 0.25) is 5.02 Å². The maximum absolute atomic E-state index is 13.9. The molecular weight excluding hydrogens is 410 g/mol. The first-order valence-electron chi connectivity index (χ1n) is 10.2. The van der Waals surface area contributed by atoms with Crippen LogP contribution in [0.3, 0.4) is 0 Å². The maximum Gasteiger partial charge on any atom is 0.255 e. The summed E-state index contributed by atoms with van der Waals surface area (Å²) >= 11 is 6.03. The van der Waals surface area contributed by atoms with Crippen LogP contribution >= 0.6 is 11.6 Å². The molecule has 1 heterocycles. The Kier molecular flexibility index (Phi) is 5.78. The summed E-state index contributed by atoms with van der Waals surface area (Å²) in [5.74, 6) is -1.09. The van der Waals surface area contributed by atoms with Gasteiger partial charge < -0.3 is 9.80 Å². The minimum absolute atomic E-state index is 0.0116. The summed E-state index contributed by atoms with van der Waals surface area (Å²) in [4.78, 5) is 29.7. The lowest BCUT2D eigenvalue weighted by Gasteiger charge is -2.40. The van der Waals surface area contributed by atoms with Crippen LogP contribution in [-0.2, 0) is 10.2 Å². The second kappa shape index (κ2) is 8.34. The zero-order valence-electron chi connectivity index (χ0n) is 16.5. The van der Waals surface area contributed by atoms with E-state index in [2.05, 4.69) is 0 Å². The second-order valence-electron chi connectivity index (χ2n) is 8.01. The SMILES string of the molecule is O=C(c1ccc(F)cc1Cl)N1CCN(C(=O)C2(c3cccc(F)c3)CCCC2)CC1. The fourth-order valence-corrected chi connectivity index (χ4v) is 4.89. The number of nitrogens with zero attached hydrogens (tertiary/aromatic N) is 2. The molecule has 1 aliphatic carbocycles. The average molecular weight is 433 g/mol. The van der Waals surface area contributed by atoms with Crippen molar-refractivity contribution in [1.82, 2.24) is 9.80 Å². The largest absolute Gasteiger partial charge is 0.338 e. The topological polar surface area (TPSA) is 40.6 Å². The van der Waals surface area contributed by atoms with Crippen molar-refractivity contribution in [3.63, 3.8) is 0 Å². The first-order valence-corrected chi connectivity index (χ1v) is 10.6. The standard InChI is InChI=1S/C23H23ClF2N2O2/c24-20-15-18(26)6-7-19(20)21(29)27-10-12-28(13-11-27)22(30)23(8-1-2-9-23)16-4-3-5-17(25)14-16/h3-7,14-15H,1-2,8-13H2. The van der Waals surface area contributed by atoms with Crippen LogP contribution in [0.5, 0.6) is 0 Å². The molecule has 0 spiro atoms. The van der Waals surface area contributed by atoms with Gasteiger partial charge in [0.05, 0.1) is 16.0 Å². The number of carbonyl (C=O) groups is 2. The minimum atomic E-state index is -0.686. The molecule has 1 saturated heterocycles. The van der Waals surface area contributed by atoms with Gasteiger partial charge in [0, 0.05) is 26.2 Å². The van der Waals surface area contributed by atoms with Gasteiger partial charge in [0.1, 0.15) is 11.6 Å². The van der Waals surface area contributed by atoms with Crippen LogP contribution in [0.25, 0.3) is 0 Å². The van der Waals surface area contributed by atoms with E-state index in [9.17, 15) is 18.4 Å². The molecule has 0 radical (unpaired) electrons. The molecular formula is C23H23ClF2N2O2. The van der Waals surface area contributed by atoms with Crippen LogP contribution in [-0.4, -0.2) is 47.8 Å². The molecule has 2 aliphatic rings. The summed E-state index contributed by atoms with van der Waals surface area (Å²) in [5.41, 5.74) is 0.306.